The lowest BCUT2D eigenvalue weighted by Crippen LogP contribution is -2.31. The van der Waals surface area contributed by atoms with E-state index in [1.54, 1.807) is 62.8 Å². The largest absolute Gasteiger partial charge is 0.497 e. The van der Waals surface area contributed by atoms with Gasteiger partial charge in [0.1, 0.15) is 17.2 Å². The molecule has 6 heteroatoms. The second kappa shape index (κ2) is 6.45. The summed E-state index contributed by atoms with van der Waals surface area (Å²) in [6.45, 7) is 0. The molecule has 0 saturated carbocycles. The van der Waals surface area contributed by atoms with Gasteiger partial charge in [-0.15, -0.1) is 0 Å². The Morgan fingerprint density at radius 1 is 0.833 bits per heavy atom. The molecule has 0 atom stereocenters. The molecule has 2 aromatic carbocycles. The Balaban J connectivity index is 1.77. The summed E-state index contributed by atoms with van der Waals surface area (Å²) >= 11 is 0. The zero-order valence-corrected chi connectivity index (χ0v) is 13.3. The van der Waals surface area contributed by atoms with Crippen LogP contribution in [0.1, 0.15) is 0 Å². The second-order valence-corrected chi connectivity index (χ2v) is 5.09. The van der Waals surface area contributed by atoms with E-state index in [2.05, 4.69) is 5.32 Å². The number of carbonyl (C=O) groups is 2. The molecule has 2 aromatic rings. The van der Waals surface area contributed by atoms with E-state index < -0.39 is 5.91 Å². The number of anilines is 2. The number of hydrogen-bond acceptors (Lipinski definition) is 5. The van der Waals surface area contributed by atoms with Crippen LogP contribution < -0.4 is 19.7 Å². The molecule has 2 amide bonds. The number of nitrogens with one attached hydrogen (secondary N) is 1. The number of hydrogen-bond donors (Lipinski definition) is 1. The van der Waals surface area contributed by atoms with Gasteiger partial charge in [0, 0.05) is 11.8 Å². The van der Waals surface area contributed by atoms with Gasteiger partial charge in [0.2, 0.25) is 0 Å². The van der Waals surface area contributed by atoms with E-state index in [1.165, 1.54) is 6.08 Å². The molecule has 1 aliphatic rings. The lowest BCUT2D eigenvalue weighted by Gasteiger charge is -2.15. The highest BCUT2D eigenvalue weighted by Gasteiger charge is 2.32. The highest BCUT2D eigenvalue weighted by Crippen LogP contribution is 2.26. The van der Waals surface area contributed by atoms with E-state index in [-0.39, 0.29) is 11.6 Å². The van der Waals surface area contributed by atoms with Gasteiger partial charge in [-0.25, -0.2) is 4.90 Å². The van der Waals surface area contributed by atoms with E-state index in [0.717, 1.165) is 4.90 Å². The summed E-state index contributed by atoms with van der Waals surface area (Å²) in [6.07, 6.45) is 1.29. The summed E-state index contributed by atoms with van der Waals surface area (Å²) in [5.74, 6) is 0.577. The highest BCUT2D eigenvalue weighted by molar-refractivity contribution is 6.31. The molecule has 1 aliphatic heterocycles. The minimum absolute atomic E-state index is 0.223. The molecule has 0 aromatic heterocycles. The lowest BCUT2D eigenvalue weighted by atomic mass is 10.2. The first-order valence-electron chi connectivity index (χ1n) is 7.27. The maximum atomic E-state index is 12.5. The van der Waals surface area contributed by atoms with Crippen molar-refractivity contribution in [2.75, 3.05) is 24.4 Å². The van der Waals surface area contributed by atoms with E-state index in [1.807, 2.05) is 0 Å². The van der Waals surface area contributed by atoms with Gasteiger partial charge in [-0.2, -0.15) is 0 Å². The summed E-state index contributed by atoms with van der Waals surface area (Å²) in [4.78, 5) is 25.8. The Hall–Kier alpha value is -3.28. The molecule has 0 bridgehead atoms. The van der Waals surface area contributed by atoms with Crippen molar-refractivity contribution >= 4 is 23.2 Å². The van der Waals surface area contributed by atoms with Crippen molar-refractivity contribution < 1.29 is 19.1 Å². The van der Waals surface area contributed by atoms with Crippen molar-refractivity contribution in [3.8, 4) is 11.5 Å². The number of ether oxygens (including phenoxy) is 2. The number of methoxy groups -OCH3 is 2. The summed E-state index contributed by atoms with van der Waals surface area (Å²) < 4.78 is 10.2. The van der Waals surface area contributed by atoms with Gasteiger partial charge in [0.25, 0.3) is 11.8 Å². The van der Waals surface area contributed by atoms with Gasteiger partial charge in [0.05, 0.1) is 19.9 Å². The SMILES string of the molecule is COc1ccc(NC2=CC(=O)N(c3ccc(OC)cc3)C2=O)cc1. The molecule has 122 valence electrons. The first-order chi connectivity index (χ1) is 11.6. The number of carbonyl (C=O) groups excluding carboxylic acids is 2. The fourth-order valence-corrected chi connectivity index (χ4v) is 2.37. The van der Waals surface area contributed by atoms with Crippen molar-refractivity contribution in [2.24, 2.45) is 0 Å². The van der Waals surface area contributed by atoms with Crippen LogP contribution in [0.5, 0.6) is 11.5 Å². The summed E-state index contributed by atoms with van der Waals surface area (Å²) in [7, 11) is 3.14. The van der Waals surface area contributed by atoms with Crippen molar-refractivity contribution in [3.63, 3.8) is 0 Å². The van der Waals surface area contributed by atoms with E-state index in [4.69, 9.17) is 9.47 Å². The minimum Gasteiger partial charge on any atom is -0.497 e. The molecular weight excluding hydrogens is 308 g/mol. The number of benzene rings is 2. The molecule has 24 heavy (non-hydrogen) atoms. The maximum absolute atomic E-state index is 12.5. The number of imide groups is 1. The molecular formula is C18H16N2O4. The van der Waals surface area contributed by atoms with E-state index in [0.29, 0.717) is 22.9 Å². The van der Waals surface area contributed by atoms with Crippen LogP contribution in [0.3, 0.4) is 0 Å². The van der Waals surface area contributed by atoms with Crippen LogP contribution in [0, 0.1) is 0 Å². The first-order valence-corrected chi connectivity index (χ1v) is 7.27. The fraction of sp³-hybridized carbons (Fsp3) is 0.111. The molecule has 0 fully saturated rings. The average molecular weight is 324 g/mol. The van der Waals surface area contributed by atoms with Crippen LogP contribution in [-0.4, -0.2) is 26.0 Å². The summed E-state index contributed by atoms with van der Waals surface area (Å²) in [5, 5.41) is 2.96. The zero-order valence-electron chi connectivity index (χ0n) is 13.3. The van der Waals surface area contributed by atoms with Crippen molar-refractivity contribution in [2.45, 2.75) is 0 Å². The minimum atomic E-state index is -0.402. The molecule has 1 N–H and O–H groups in total. The van der Waals surface area contributed by atoms with Crippen LogP contribution in [0.4, 0.5) is 11.4 Å². The fourth-order valence-electron chi connectivity index (χ4n) is 2.37. The quantitative estimate of drug-likeness (QED) is 0.856. The lowest BCUT2D eigenvalue weighted by molar-refractivity contribution is -0.120. The molecule has 3 rings (SSSR count). The normalized spacial score (nSPS) is 13.8. The average Bonchev–Trinajstić information content (AvgIpc) is 2.89. The van der Waals surface area contributed by atoms with Crippen LogP contribution >= 0.6 is 0 Å². The monoisotopic (exact) mass is 324 g/mol. The van der Waals surface area contributed by atoms with Gasteiger partial charge in [0.15, 0.2) is 0 Å². The zero-order chi connectivity index (χ0) is 17.1. The standard InChI is InChI=1S/C18H16N2O4/c1-23-14-7-3-12(4-8-14)19-16-11-17(21)20(18(16)22)13-5-9-15(24-2)10-6-13/h3-11,19H,1-2H3. The molecule has 0 spiro atoms. The molecule has 0 radical (unpaired) electrons. The number of amides is 2. The van der Waals surface area contributed by atoms with Crippen molar-refractivity contribution in [1.82, 2.24) is 0 Å². The summed E-state index contributed by atoms with van der Waals surface area (Å²) in [6, 6.07) is 13.8. The predicted octanol–water partition coefficient (Wildman–Crippen LogP) is 2.57. The van der Waals surface area contributed by atoms with Crippen molar-refractivity contribution in [1.29, 1.82) is 0 Å². The number of rotatable bonds is 5. The Morgan fingerprint density at radius 3 is 1.92 bits per heavy atom. The highest BCUT2D eigenvalue weighted by atomic mass is 16.5. The van der Waals surface area contributed by atoms with Crippen LogP contribution in [0.25, 0.3) is 0 Å². The molecule has 6 nitrogen and oxygen atoms in total. The maximum Gasteiger partial charge on any atom is 0.281 e. The first kappa shape index (κ1) is 15.6. The molecule has 0 unspecified atom stereocenters. The Labute approximate surface area is 139 Å². The van der Waals surface area contributed by atoms with E-state index in [9.17, 15) is 9.59 Å². The van der Waals surface area contributed by atoms with Crippen molar-refractivity contribution in [3.05, 3.63) is 60.3 Å². The van der Waals surface area contributed by atoms with Gasteiger partial charge in [-0.1, -0.05) is 0 Å². The van der Waals surface area contributed by atoms with Crippen LogP contribution in [0.2, 0.25) is 0 Å². The second-order valence-electron chi connectivity index (χ2n) is 5.09. The Morgan fingerprint density at radius 2 is 1.38 bits per heavy atom. The van der Waals surface area contributed by atoms with E-state index >= 15 is 0 Å². The van der Waals surface area contributed by atoms with Gasteiger partial charge < -0.3 is 14.8 Å². The van der Waals surface area contributed by atoms with Gasteiger partial charge in [-0.05, 0) is 48.5 Å². The van der Waals surface area contributed by atoms with Crippen LogP contribution in [0.15, 0.2) is 60.3 Å². The Kier molecular flexibility index (Phi) is 4.20. The van der Waals surface area contributed by atoms with Gasteiger partial charge >= 0.3 is 0 Å². The topological polar surface area (TPSA) is 67.9 Å². The number of nitrogens with zero attached hydrogens (tertiary/aromatic N) is 1. The Bertz CT molecular complexity index is 795. The summed E-state index contributed by atoms with van der Waals surface area (Å²) in [5.41, 5.74) is 1.41. The smallest absolute Gasteiger partial charge is 0.281 e. The third-order valence-corrected chi connectivity index (χ3v) is 3.62. The van der Waals surface area contributed by atoms with Crippen LogP contribution in [-0.2, 0) is 9.59 Å². The predicted molar refractivity (Wildman–Crippen MR) is 90.2 cm³/mol. The third-order valence-electron chi connectivity index (χ3n) is 3.62. The third kappa shape index (κ3) is 2.94. The molecule has 1 heterocycles. The molecule has 0 aliphatic carbocycles. The van der Waals surface area contributed by atoms with Gasteiger partial charge in [-0.3, -0.25) is 9.59 Å². The molecule has 0 saturated heterocycles.